The monoisotopic (exact) mass is 432 g/mol. The van der Waals surface area contributed by atoms with Gasteiger partial charge in [-0.3, -0.25) is 4.79 Å². The summed E-state index contributed by atoms with van der Waals surface area (Å²) in [7, 11) is 0. The highest BCUT2D eigenvalue weighted by Crippen LogP contribution is 2.27. The predicted octanol–water partition coefficient (Wildman–Crippen LogP) is 4.60. The molecule has 118 valence electrons. The Morgan fingerprint density at radius 2 is 1.83 bits per heavy atom. The van der Waals surface area contributed by atoms with Gasteiger partial charge in [-0.1, -0.05) is 0 Å². The average molecular weight is 432 g/mol. The maximum absolute atomic E-state index is 12.3. The zero-order chi connectivity index (χ0) is 16.6. The first-order chi connectivity index (χ1) is 10.8. The number of nitrogens with one attached hydrogen (secondary N) is 1. The summed E-state index contributed by atoms with van der Waals surface area (Å²) in [5, 5.41) is 1.78. The number of amides is 1. The Hall–Kier alpha value is -2.10. The second-order valence-corrected chi connectivity index (χ2v) is 5.91. The van der Waals surface area contributed by atoms with E-state index in [-0.39, 0.29) is 5.69 Å². The van der Waals surface area contributed by atoms with Crippen molar-refractivity contribution in [1.82, 2.24) is 4.98 Å². The summed E-state index contributed by atoms with van der Waals surface area (Å²) in [5.74, 6) is -1.67. The minimum Gasteiger partial charge on any atom is -0.436 e. The molecular formula is C15H8F3IN2O2. The van der Waals surface area contributed by atoms with Crippen LogP contribution >= 0.6 is 22.6 Å². The highest BCUT2D eigenvalue weighted by atomic mass is 127. The standard InChI is InChI=1S/C15H8F3IN2O2/c16-15(17,18)14(22)20-10-5-6-12-11(7-10)21-13(23-12)8-1-3-9(19)4-2-8/h1-7H,(H,20,22). The summed E-state index contributed by atoms with van der Waals surface area (Å²) in [6, 6.07) is 11.6. The van der Waals surface area contributed by atoms with Crippen molar-refractivity contribution < 1.29 is 22.4 Å². The zero-order valence-electron chi connectivity index (χ0n) is 11.3. The van der Waals surface area contributed by atoms with Crippen LogP contribution < -0.4 is 5.32 Å². The van der Waals surface area contributed by atoms with Gasteiger partial charge in [0.25, 0.3) is 0 Å². The average Bonchev–Trinajstić information content (AvgIpc) is 2.90. The van der Waals surface area contributed by atoms with E-state index in [4.69, 9.17) is 4.42 Å². The molecule has 1 heterocycles. The van der Waals surface area contributed by atoms with Crippen LogP contribution in [-0.2, 0) is 4.79 Å². The number of halogens is 4. The molecule has 23 heavy (non-hydrogen) atoms. The van der Waals surface area contributed by atoms with E-state index < -0.39 is 12.1 Å². The molecule has 0 saturated heterocycles. The molecule has 0 spiro atoms. The molecule has 0 aliphatic rings. The van der Waals surface area contributed by atoms with Crippen LogP contribution in [0.15, 0.2) is 46.9 Å². The van der Waals surface area contributed by atoms with Crippen LogP contribution in [0.25, 0.3) is 22.6 Å². The largest absolute Gasteiger partial charge is 0.471 e. The molecule has 0 unspecified atom stereocenters. The molecule has 0 atom stereocenters. The van der Waals surface area contributed by atoms with Gasteiger partial charge in [0.1, 0.15) is 5.52 Å². The first-order valence-corrected chi connectivity index (χ1v) is 7.45. The van der Waals surface area contributed by atoms with E-state index >= 15 is 0 Å². The number of aromatic nitrogens is 1. The molecule has 3 rings (SSSR count). The van der Waals surface area contributed by atoms with Crippen molar-refractivity contribution in [2.24, 2.45) is 0 Å². The molecule has 0 aliphatic heterocycles. The first kappa shape index (κ1) is 15.8. The van der Waals surface area contributed by atoms with Gasteiger partial charge in [0.05, 0.1) is 0 Å². The molecule has 1 N–H and O–H groups in total. The van der Waals surface area contributed by atoms with Gasteiger partial charge >= 0.3 is 12.1 Å². The third kappa shape index (κ3) is 3.46. The molecule has 0 fully saturated rings. The fourth-order valence-electron chi connectivity index (χ4n) is 1.92. The lowest BCUT2D eigenvalue weighted by Crippen LogP contribution is -2.29. The first-order valence-electron chi connectivity index (χ1n) is 6.37. The van der Waals surface area contributed by atoms with Crippen LogP contribution in [0.2, 0.25) is 0 Å². The van der Waals surface area contributed by atoms with Gasteiger partial charge < -0.3 is 9.73 Å². The molecule has 0 saturated carbocycles. The number of benzene rings is 2. The minimum absolute atomic E-state index is 0.00212. The molecule has 4 nitrogen and oxygen atoms in total. The summed E-state index contributed by atoms with van der Waals surface area (Å²) in [6.07, 6.45) is -4.94. The van der Waals surface area contributed by atoms with E-state index in [1.165, 1.54) is 18.2 Å². The van der Waals surface area contributed by atoms with Crippen LogP contribution in [-0.4, -0.2) is 17.1 Å². The Morgan fingerprint density at radius 1 is 1.13 bits per heavy atom. The number of carbonyl (C=O) groups excluding carboxylic acids is 1. The summed E-state index contributed by atoms with van der Waals surface area (Å²) in [6.45, 7) is 0. The van der Waals surface area contributed by atoms with Crippen LogP contribution in [0.1, 0.15) is 0 Å². The molecule has 8 heteroatoms. The number of fused-ring (bicyclic) bond motifs is 1. The highest BCUT2D eigenvalue weighted by molar-refractivity contribution is 14.1. The van der Waals surface area contributed by atoms with Gasteiger partial charge in [-0.25, -0.2) is 4.98 Å². The van der Waals surface area contributed by atoms with Crippen molar-refractivity contribution in [1.29, 1.82) is 0 Å². The third-order valence-corrected chi connectivity index (χ3v) is 3.71. The van der Waals surface area contributed by atoms with Gasteiger partial charge in [0.15, 0.2) is 5.58 Å². The predicted molar refractivity (Wildman–Crippen MR) is 86.8 cm³/mol. The van der Waals surface area contributed by atoms with Gasteiger partial charge in [0, 0.05) is 14.8 Å². The molecule has 3 aromatic rings. The van der Waals surface area contributed by atoms with E-state index in [0.29, 0.717) is 17.0 Å². The summed E-state index contributed by atoms with van der Waals surface area (Å²) in [5.41, 5.74) is 1.53. The van der Waals surface area contributed by atoms with E-state index in [1.54, 1.807) is 5.32 Å². The van der Waals surface area contributed by atoms with Gasteiger partial charge in [-0.2, -0.15) is 13.2 Å². The number of oxazole rings is 1. The van der Waals surface area contributed by atoms with Crippen LogP contribution in [0.5, 0.6) is 0 Å². The minimum atomic E-state index is -4.94. The fourth-order valence-corrected chi connectivity index (χ4v) is 2.28. The Labute approximate surface area is 141 Å². The van der Waals surface area contributed by atoms with Crippen molar-refractivity contribution in [3.8, 4) is 11.5 Å². The van der Waals surface area contributed by atoms with Crippen molar-refractivity contribution in [2.45, 2.75) is 6.18 Å². The van der Waals surface area contributed by atoms with E-state index in [9.17, 15) is 18.0 Å². The quantitative estimate of drug-likeness (QED) is 0.603. The topological polar surface area (TPSA) is 55.1 Å². The van der Waals surface area contributed by atoms with Crippen molar-refractivity contribution in [3.05, 3.63) is 46.0 Å². The van der Waals surface area contributed by atoms with Crippen molar-refractivity contribution in [2.75, 3.05) is 5.32 Å². The number of hydrogen-bond acceptors (Lipinski definition) is 3. The molecule has 0 aliphatic carbocycles. The maximum atomic E-state index is 12.3. The molecule has 0 bridgehead atoms. The van der Waals surface area contributed by atoms with E-state index in [1.807, 2.05) is 24.3 Å². The Balaban J connectivity index is 1.92. The molecular weight excluding hydrogens is 424 g/mol. The van der Waals surface area contributed by atoms with Gasteiger partial charge in [0.2, 0.25) is 5.89 Å². The third-order valence-electron chi connectivity index (χ3n) is 2.99. The Morgan fingerprint density at radius 3 is 2.48 bits per heavy atom. The lowest BCUT2D eigenvalue weighted by atomic mass is 10.2. The van der Waals surface area contributed by atoms with E-state index in [0.717, 1.165) is 9.13 Å². The second-order valence-electron chi connectivity index (χ2n) is 4.66. The molecule has 2 aromatic carbocycles. The number of nitrogens with zero attached hydrogens (tertiary/aromatic N) is 1. The Kier molecular flexibility index (Phi) is 4.00. The number of carbonyl (C=O) groups is 1. The fraction of sp³-hybridized carbons (Fsp3) is 0.0667. The van der Waals surface area contributed by atoms with Crippen LogP contribution in [0.3, 0.4) is 0 Å². The molecule has 1 aromatic heterocycles. The smallest absolute Gasteiger partial charge is 0.436 e. The molecule has 0 radical (unpaired) electrons. The van der Waals surface area contributed by atoms with E-state index in [2.05, 4.69) is 27.6 Å². The normalized spacial score (nSPS) is 11.7. The van der Waals surface area contributed by atoms with Crippen molar-refractivity contribution >= 4 is 45.3 Å². The number of rotatable bonds is 2. The summed E-state index contributed by atoms with van der Waals surface area (Å²) < 4.78 is 43.4. The highest BCUT2D eigenvalue weighted by Gasteiger charge is 2.38. The number of alkyl halides is 3. The van der Waals surface area contributed by atoms with Crippen molar-refractivity contribution in [3.63, 3.8) is 0 Å². The summed E-state index contributed by atoms with van der Waals surface area (Å²) >= 11 is 2.17. The molecule has 1 amide bonds. The lowest BCUT2D eigenvalue weighted by Gasteiger charge is -2.07. The lowest BCUT2D eigenvalue weighted by molar-refractivity contribution is -0.167. The van der Waals surface area contributed by atoms with Gasteiger partial charge in [-0.15, -0.1) is 0 Å². The SMILES string of the molecule is O=C(Nc1ccc2oc(-c3ccc(I)cc3)nc2c1)C(F)(F)F. The zero-order valence-corrected chi connectivity index (χ0v) is 13.5. The van der Waals surface area contributed by atoms with Crippen LogP contribution in [0, 0.1) is 3.57 Å². The number of anilines is 1. The number of hydrogen-bond donors (Lipinski definition) is 1. The second kappa shape index (κ2) is 5.84. The Bertz CT molecular complexity index is 873. The maximum Gasteiger partial charge on any atom is 0.471 e. The summed E-state index contributed by atoms with van der Waals surface area (Å²) in [4.78, 5) is 15.2. The van der Waals surface area contributed by atoms with Gasteiger partial charge in [-0.05, 0) is 65.1 Å². The van der Waals surface area contributed by atoms with Crippen LogP contribution in [0.4, 0.5) is 18.9 Å².